The number of hydrogen-bond acceptors (Lipinski definition) is 5. The number of anilines is 1. The molecule has 0 unspecified atom stereocenters. The fraction of sp³-hybridized carbons (Fsp3) is 0.200. The Hall–Kier alpha value is -3.27. The van der Waals surface area contributed by atoms with Gasteiger partial charge in [-0.2, -0.15) is 18.3 Å². The van der Waals surface area contributed by atoms with Crippen LogP contribution in [0.3, 0.4) is 0 Å². The van der Waals surface area contributed by atoms with Crippen LogP contribution in [0.5, 0.6) is 0 Å². The van der Waals surface area contributed by atoms with Crippen molar-refractivity contribution < 1.29 is 18.0 Å². The fourth-order valence-electron chi connectivity index (χ4n) is 3.04. The van der Waals surface area contributed by atoms with Crippen LogP contribution in [-0.2, 0) is 6.18 Å². The van der Waals surface area contributed by atoms with Crippen molar-refractivity contribution in [1.82, 2.24) is 19.7 Å². The summed E-state index contributed by atoms with van der Waals surface area (Å²) in [5, 5.41) is 7.44. The van der Waals surface area contributed by atoms with Crippen LogP contribution in [0.4, 0.5) is 18.3 Å². The van der Waals surface area contributed by atoms with Crippen LogP contribution in [-0.4, -0.2) is 25.7 Å². The highest BCUT2D eigenvalue weighted by Crippen LogP contribution is 2.30. The van der Waals surface area contributed by atoms with E-state index in [1.807, 2.05) is 38.1 Å². The quantitative estimate of drug-likeness (QED) is 0.478. The first-order valence-electron chi connectivity index (χ1n) is 9.02. The molecule has 0 spiro atoms. The molecule has 0 radical (unpaired) electrons. The summed E-state index contributed by atoms with van der Waals surface area (Å²) in [5.74, 6) is -0.325. The number of para-hydroxylation sites is 1. The Morgan fingerprint density at radius 1 is 1.13 bits per heavy atom. The summed E-state index contributed by atoms with van der Waals surface area (Å²) < 4.78 is 40.7. The molecule has 30 heavy (non-hydrogen) atoms. The van der Waals surface area contributed by atoms with Crippen molar-refractivity contribution >= 4 is 32.6 Å². The Labute approximate surface area is 173 Å². The second-order valence-corrected chi connectivity index (χ2v) is 7.88. The zero-order valence-electron chi connectivity index (χ0n) is 15.9. The highest BCUT2D eigenvalue weighted by Gasteiger charge is 2.31. The third-order valence-corrected chi connectivity index (χ3v) is 5.36. The van der Waals surface area contributed by atoms with E-state index in [0.717, 1.165) is 22.5 Å². The van der Waals surface area contributed by atoms with Crippen molar-refractivity contribution in [1.29, 1.82) is 0 Å². The molecule has 0 bridgehead atoms. The molecular weight excluding hydrogens is 415 g/mol. The van der Waals surface area contributed by atoms with Crippen LogP contribution in [0.1, 0.15) is 41.4 Å². The van der Waals surface area contributed by atoms with Gasteiger partial charge in [-0.15, -0.1) is 0 Å². The first-order chi connectivity index (χ1) is 14.2. The molecule has 10 heteroatoms. The Morgan fingerprint density at radius 2 is 1.90 bits per heavy atom. The lowest BCUT2D eigenvalue weighted by Gasteiger charge is -2.13. The standard InChI is InChI=1S/C20H16F3N5OS/c1-11(2)17-13(18(29)27-19-26-14-5-3-4-6-15(14)30-19)10-25-28(17)16-8-7-12(9-24-16)20(21,22)23/h3-11H,1-2H3,(H,26,27,29). The molecule has 1 aromatic carbocycles. The minimum atomic E-state index is -4.47. The molecule has 6 nitrogen and oxygen atoms in total. The second-order valence-electron chi connectivity index (χ2n) is 6.85. The van der Waals surface area contributed by atoms with Crippen molar-refractivity contribution in [3.8, 4) is 5.82 Å². The number of aromatic nitrogens is 4. The highest BCUT2D eigenvalue weighted by atomic mass is 32.1. The minimum absolute atomic E-state index is 0.132. The number of alkyl halides is 3. The van der Waals surface area contributed by atoms with E-state index in [4.69, 9.17) is 0 Å². The molecule has 4 rings (SSSR count). The lowest BCUT2D eigenvalue weighted by atomic mass is 10.1. The van der Waals surface area contributed by atoms with Crippen molar-refractivity contribution in [3.05, 3.63) is 65.6 Å². The molecule has 0 aliphatic carbocycles. The number of halogens is 3. The molecule has 1 amide bonds. The number of pyridine rings is 1. The molecule has 0 aliphatic heterocycles. The topological polar surface area (TPSA) is 72.7 Å². The van der Waals surface area contributed by atoms with Gasteiger partial charge in [0.05, 0.1) is 33.2 Å². The summed E-state index contributed by atoms with van der Waals surface area (Å²) in [5.41, 5.74) is 0.789. The number of fused-ring (bicyclic) bond motifs is 1. The largest absolute Gasteiger partial charge is 0.417 e. The third kappa shape index (κ3) is 3.78. The molecule has 3 heterocycles. The van der Waals surface area contributed by atoms with Gasteiger partial charge in [0, 0.05) is 6.20 Å². The predicted molar refractivity (Wildman–Crippen MR) is 108 cm³/mol. The number of thiazole rings is 1. The first-order valence-corrected chi connectivity index (χ1v) is 9.84. The summed E-state index contributed by atoms with van der Waals surface area (Å²) in [6.07, 6.45) is -2.34. The maximum Gasteiger partial charge on any atom is 0.417 e. The Kier molecular flexibility index (Phi) is 5.02. The monoisotopic (exact) mass is 431 g/mol. The average Bonchev–Trinajstić information content (AvgIpc) is 3.31. The molecular formula is C20H16F3N5OS. The third-order valence-electron chi connectivity index (χ3n) is 4.40. The molecule has 0 aliphatic rings. The summed E-state index contributed by atoms with van der Waals surface area (Å²) >= 11 is 1.35. The average molecular weight is 431 g/mol. The minimum Gasteiger partial charge on any atom is -0.298 e. The number of amides is 1. The van der Waals surface area contributed by atoms with Crippen LogP contribution >= 0.6 is 11.3 Å². The van der Waals surface area contributed by atoms with E-state index in [-0.39, 0.29) is 11.7 Å². The van der Waals surface area contributed by atoms with Crippen LogP contribution in [0.25, 0.3) is 16.0 Å². The van der Waals surface area contributed by atoms with Crippen LogP contribution in [0.2, 0.25) is 0 Å². The van der Waals surface area contributed by atoms with Crippen LogP contribution in [0.15, 0.2) is 48.8 Å². The van der Waals surface area contributed by atoms with Gasteiger partial charge in [0.1, 0.15) is 0 Å². The molecule has 0 fully saturated rings. The van der Waals surface area contributed by atoms with E-state index >= 15 is 0 Å². The van der Waals surface area contributed by atoms with Crippen molar-refractivity contribution in [2.45, 2.75) is 25.9 Å². The van der Waals surface area contributed by atoms with Gasteiger partial charge in [-0.3, -0.25) is 10.1 Å². The van der Waals surface area contributed by atoms with Crippen molar-refractivity contribution in [3.63, 3.8) is 0 Å². The maximum atomic E-state index is 12.9. The van der Waals surface area contributed by atoms with Crippen molar-refractivity contribution in [2.75, 3.05) is 5.32 Å². The Morgan fingerprint density at radius 3 is 2.53 bits per heavy atom. The van der Waals surface area contributed by atoms with E-state index in [9.17, 15) is 18.0 Å². The summed E-state index contributed by atoms with van der Waals surface area (Å²) in [4.78, 5) is 21.2. The van der Waals surface area contributed by atoms with E-state index in [1.54, 1.807) is 0 Å². The van der Waals surface area contributed by atoms with E-state index in [2.05, 4.69) is 20.4 Å². The van der Waals surface area contributed by atoms with Gasteiger partial charge < -0.3 is 0 Å². The number of carbonyl (C=O) groups is 1. The van der Waals surface area contributed by atoms with Gasteiger partial charge in [-0.05, 0) is 30.2 Å². The van der Waals surface area contributed by atoms with E-state index in [0.29, 0.717) is 16.4 Å². The van der Waals surface area contributed by atoms with Crippen LogP contribution < -0.4 is 5.32 Å². The number of rotatable bonds is 4. The summed E-state index contributed by atoms with van der Waals surface area (Å²) in [6.45, 7) is 3.73. The van der Waals surface area contributed by atoms with E-state index in [1.165, 1.54) is 28.3 Å². The van der Waals surface area contributed by atoms with Gasteiger partial charge in [0.15, 0.2) is 10.9 Å². The number of carbonyl (C=O) groups excluding carboxylic acids is 1. The summed E-state index contributed by atoms with van der Waals surface area (Å²) in [7, 11) is 0. The van der Waals surface area contributed by atoms with Gasteiger partial charge in [0.25, 0.3) is 5.91 Å². The SMILES string of the molecule is CC(C)c1c(C(=O)Nc2nc3ccccc3s2)cnn1-c1ccc(C(F)(F)F)cn1. The highest BCUT2D eigenvalue weighted by molar-refractivity contribution is 7.22. The number of nitrogens with zero attached hydrogens (tertiary/aromatic N) is 4. The first kappa shape index (κ1) is 20.0. The molecule has 3 aromatic heterocycles. The fourth-order valence-corrected chi connectivity index (χ4v) is 3.90. The van der Waals surface area contributed by atoms with Crippen molar-refractivity contribution in [2.24, 2.45) is 0 Å². The van der Waals surface area contributed by atoms with Gasteiger partial charge in [-0.25, -0.2) is 14.6 Å². The Bertz CT molecular complexity index is 1180. The molecule has 0 atom stereocenters. The lowest BCUT2D eigenvalue weighted by molar-refractivity contribution is -0.137. The number of benzene rings is 1. The predicted octanol–water partition coefficient (Wildman–Crippen LogP) is 5.27. The maximum absolute atomic E-state index is 12.9. The van der Waals surface area contributed by atoms with Gasteiger partial charge >= 0.3 is 6.18 Å². The molecule has 154 valence electrons. The normalized spacial score (nSPS) is 11.9. The van der Waals surface area contributed by atoms with Gasteiger partial charge in [0.2, 0.25) is 0 Å². The van der Waals surface area contributed by atoms with E-state index < -0.39 is 17.6 Å². The Balaban J connectivity index is 1.66. The van der Waals surface area contributed by atoms with Gasteiger partial charge in [-0.1, -0.05) is 37.3 Å². The molecule has 0 saturated carbocycles. The summed E-state index contributed by atoms with van der Waals surface area (Å²) in [6, 6.07) is 9.70. The van der Waals surface area contributed by atoms with Crippen LogP contribution in [0, 0.1) is 0 Å². The number of nitrogens with one attached hydrogen (secondary N) is 1. The zero-order valence-corrected chi connectivity index (χ0v) is 16.8. The molecule has 4 aromatic rings. The molecule has 1 N–H and O–H groups in total. The second kappa shape index (κ2) is 7.52. The number of hydrogen-bond donors (Lipinski definition) is 1. The smallest absolute Gasteiger partial charge is 0.298 e. The zero-order chi connectivity index (χ0) is 21.5. The molecule has 0 saturated heterocycles. The lowest BCUT2D eigenvalue weighted by Crippen LogP contribution is -2.16.